The third kappa shape index (κ3) is 1.04. The maximum atomic E-state index is 12.1. The Kier molecular flexibility index (Phi) is 1.83. The summed E-state index contributed by atoms with van der Waals surface area (Å²) >= 11 is 0. The van der Waals surface area contributed by atoms with E-state index in [1.54, 1.807) is 10.8 Å². The number of fused-ring (bicyclic) bond motifs is 3. The molecule has 2 heterocycles. The number of hydrogen-bond acceptors (Lipinski definition) is 2. The second-order valence-corrected chi connectivity index (χ2v) is 3.71. The topological polar surface area (TPSA) is 50.7 Å². The molecule has 0 saturated heterocycles. The van der Waals surface area contributed by atoms with E-state index in [0.717, 1.165) is 16.3 Å². The van der Waals surface area contributed by atoms with Crippen LogP contribution in [-0.2, 0) is 6.54 Å². The van der Waals surface area contributed by atoms with E-state index in [-0.39, 0.29) is 5.56 Å². The summed E-state index contributed by atoms with van der Waals surface area (Å²) in [5, 5.41) is 8.73. The van der Waals surface area contributed by atoms with Gasteiger partial charge in [-0.3, -0.25) is 9.89 Å². The maximum absolute atomic E-state index is 12.1. The van der Waals surface area contributed by atoms with Gasteiger partial charge in [0.25, 0.3) is 5.56 Å². The van der Waals surface area contributed by atoms with Gasteiger partial charge in [-0.05, 0) is 13.0 Å². The molecule has 3 aromatic rings. The lowest BCUT2D eigenvalue weighted by atomic mass is 10.1. The molecule has 0 atom stereocenters. The Balaban J connectivity index is 2.70. The first kappa shape index (κ1) is 9.15. The highest BCUT2D eigenvalue weighted by Gasteiger charge is 2.10. The molecule has 1 N–H and O–H groups in total. The fourth-order valence-corrected chi connectivity index (χ4v) is 2.15. The highest BCUT2D eigenvalue weighted by molar-refractivity contribution is 6.03. The molecular weight excluding hydrogens is 202 g/mol. The zero-order valence-corrected chi connectivity index (χ0v) is 8.90. The Morgan fingerprint density at radius 3 is 2.94 bits per heavy atom. The monoisotopic (exact) mass is 213 g/mol. The summed E-state index contributed by atoms with van der Waals surface area (Å²) in [4.78, 5) is 12.1. The van der Waals surface area contributed by atoms with Crippen LogP contribution in [0.5, 0.6) is 0 Å². The van der Waals surface area contributed by atoms with Gasteiger partial charge in [0.1, 0.15) is 0 Å². The summed E-state index contributed by atoms with van der Waals surface area (Å²) in [6.45, 7) is 2.62. The minimum Gasteiger partial charge on any atom is -0.307 e. The summed E-state index contributed by atoms with van der Waals surface area (Å²) in [6.07, 6.45) is 1.78. The van der Waals surface area contributed by atoms with Gasteiger partial charge in [-0.15, -0.1) is 0 Å². The molecule has 80 valence electrons. The zero-order chi connectivity index (χ0) is 11.1. The van der Waals surface area contributed by atoms with E-state index in [2.05, 4.69) is 10.2 Å². The lowest BCUT2D eigenvalue weighted by molar-refractivity contribution is 0.764. The van der Waals surface area contributed by atoms with E-state index in [1.807, 2.05) is 31.2 Å². The van der Waals surface area contributed by atoms with Crippen molar-refractivity contribution in [2.75, 3.05) is 0 Å². The third-order valence-corrected chi connectivity index (χ3v) is 2.89. The van der Waals surface area contributed by atoms with Crippen LogP contribution >= 0.6 is 0 Å². The van der Waals surface area contributed by atoms with Crippen molar-refractivity contribution in [3.05, 3.63) is 40.8 Å². The van der Waals surface area contributed by atoms with Gasteiger partial charge in [0, 0.05) is 23.5 Å². The predicted molar refractivity (Wildman–Crippen MR) is 63.5 cm³/mol. The minimum absolute atomic E-state index is 0.0301. The van der Waals surface area contributed by atoms with Gasteiger partial charge in [-0.1, -0.05) is 18.2 Å². The molecule has 0 fully saturated rings. The van der Waals surface area contributed by atoms with Crippen molar-refractivity contribution >= 4 is 21.8 Å². The van der Waals surface area contributed by atoms with Gasteiger partial charge in [0.2, 0.25) is 0 Å². The number of nitrogens with zero attached hydrogens (tertiary/aromatic N) is 2. The number of rotatable bonds is 1. The van der Waals surface area contributed by atoms with Gasteiger partial charge in [-0.25, -0.2) is 0 Å². The van der Waals surface area contributed by atoms with E-state index in [4.69, 9.17) is 0 Å². The Bertz CT molecular complexity index is 724. The first-order valence-electron chi connectivity index (χ1n) is 5.28. The highest BCUT2D eigenvalue weighted by Crippen LogP contribution is 2.20. The lowest BCUT2D eigenvalue weighted by Gasteiger charge is -2.07. The molecule has 4 heteroatoms. The number of hydrogen-bond donors (Lipinski definition) is 1. The van der Waals surface area contributed by atoms with Crippen molar-refractivity contribution < 1.29 is 0 Å². The standard InChI is InChI=1S/C12H11N3O/c1-2-15-10-6-4-3-5-8(10)9-7-13-14-11(9)12(15)16/h3-7H,2H2,1H3,(H,13,14). The number of aryl methyl sites for hydroxylation is 1. The molecule has 0 aliphatic heterocycles. The van der Waals surface area contributed by atoms with E-state index in [1.165, 1.54) is 0 Å². The number of aromatic nitrogens is 3. The smallest absolute Gasteiger partial charge is 0.279 e. The van der Waals surface area contributed by atoms with Crippen LogP contribution in [0.2, 0.25) is 0 Å². The van der Waals surface area contributed by atoms with E-state index >= 15 is 0 Å². The predicted octanol–water partition coefficient (Wildman–Crippen LogP) is 1.90. The van der Waals surface area contributed by atoms with E-state index < -0.39 is 0 Å². The molecule has 0 radical (unpaired) electrons. The maximum Gasteiger partial charge on any atom is 0.279 e. The average Bonchev–Trinajstić information content (AvgIpc) is 2.79. The summed E-state index contributed by atoms with van der Waals surface area (Å²) in [5.74, 6) is 0. The molecule has 16 heavy (non-hydrogen) atoms. The molecule has 0 aliphatic carbocycles. The summed E-state index contributed by atoms with van der Waals surface area (Å²) in [5.41, 5.74) is 1.45. The first-order chi connectivity index (χ1) is 7.83. The summed E-state index contributed by atoms with van der Waals surface area (Å²) in [7, 11) is 0. The fourth-order valence-electron chi connectivity index (χ4n) is 2.15. The van der Waals surface area contributed by atoms with Crippen molar-refractivity contribution in [1.82, 2.24) is 14.8 Å². The quantitative estimate of drug-likeness (QED) is 0.671. The largest absolute Gasteiger partial charge is 0.307 e. The average molecular weight is 213 g/mol. The van der Waals surface area contributed by atoms with Gasteiger partial charge < -0.3 is 4.57 Å². The van der Waals surface area contributed by atoms with Crippen LogP contribution in [0.4, 0.5) is 0 Å². The molecule has 0 saturated carbocycles. The Morgan fingerprint density at radius 2 is 2.12 bits per heavy atom. The van der Waals surface area contributed by atoms with Crippen LogP contribution in [0.25, 0.3) is 21.8 Å². The Hall–Kier alpha value is -2.10. The van der Waals surface area contributed by atoms with Crippen LogP contribution < -0.4 is 5.56 Å². The molecular formula is C12H11N3O. The van der Waals surface area contributed by atoms with Crippen LogP contribution in [-0.4, -0.2) is 14.8 Å². The summed E-state index contributed by atoms with van der Waals surface area (Å²) in [6, 6.07) is 7.89. The molecule has 0 bridgehead atoms. The normalized spacial score (nSPS) is 11.3. The lowest BCUT2D eigenvalue weighted by Crippen LogP contribution is -2.19. The SMILES string of the molecule is CCn1c(=O)c2n[nH]cc2c2ccccc21. The molecule has 0 amide bonds. The summed E-state index contributed by atoms with van der Waals surface area (Å²) < 4.78 is 1.75. The van der Waals surface area contributed by atoms with Gasteiger partial charge in [0.15, 0.2) is 5.52 Å². The van der Waals surface area contributed by atoms with Crippen LogP contribution in [0.15, 0.2) is 35.3 Å². The second kappa shape index (κ2) is 3.20. The fraction of sp³-hybridized carbons (Fsp3) is 0.167. The number of aromatic amines is 1. The zero-order valence-electron chi connectivity index (χ0n) is 8.90. The van der Waals surface area contributed by atoms with Gasteiger partial charge in [0.05, 0.1) is 5.52 Å². The molecule has 0 spiro atoms. The van der Waals surface area contributed by atoms with Crippen molar-refractivity contribution in [2.45, 2.75) is 13.5 Å². The number of benzene rings is 1. The van der Waals surface area contributed by atoms with Crippen molar-refractivity contribution in [1.29, 1.82) is 0 Å². The van der Waals surface area contributed by atoms with Crippen molar-refractivity contribution in [2.24, 2.45) is 0 Å². The van der Waals surface area contributed by atoms with Gasteiger partial charge in [-0.2, -0.15) is 5.10 Å². The molecule has 1 aromatic carbocycles. The molecule has 0 aliphatic rings. The van der Waals surface area contributed by atoms with E-state index in [9.17, 15) is 4.79 Å². The highest BCUT2D eigenvalue weighted by atomic mass is 16.1. The Morgan fingerprint density at radius 1 is 1.31 bits per heavy atom. The minimum atomic E-state index is -0.0301. The number of H-pyrrole nitrogens is 1. The van der Waals surface area contributed by atoms with E-state index in [0.29, 0.717) is 12.1 Å². The van der Waals surface area contributed by atoms with Crippen LogP contribution in [0, 0.1) is 0 Å². The number of pyridine rings is 1. The van der Waals surface area contributed by atoms with Crippen LogP contribution in [0.3, 0.4) is 0 Å². The van der Waals surface area contributed by atoms with Crippen molar-refractivity contribution in [3.63, 3.8) is 0 Å². The van der Waals surface area contributed by atoms with Gasteiger partial charge >= 0.3 is 0 Å². The number of nitrogens with one attached hydrogen (secondary N) is 1. The first-order valence-corrected chi connectivity index (χ1v) is 5.28. The van der Waals surface area contributed by atoms with Crippen molar-refractivity contribution in [3.8, 4) is 0 Å². The van der Waals surface area contributed by atoms with Crippen LogP contribution in [0.1, 0.15) is 6.92 Å². The molecule has 0 unspecified atom stereocenters. The number of para-hydroxylation sites is 1. The second-order valence-electron chi connectivity index (χ2n) is 3.71. The third-order valence-electron chi connectivity index (χ3n) is 2.89. The molecule has 4 nitrogen and oxygen atoms in total. The molecule has 3 rings (SSSR count). The Labute approximate surface area is 91.5 Å². The molecule has 2 aromatic heterocycles.